The molecule has 18 heavy (non-hydrogen) atoms. The van der Waals surface area contributed by atoms with Crippen LogP contribution in [-0.4, -0.2) is 38.3 Å². The second kappa shape index (κ2) is 9.80. The monoisotopic (exact) mass is 257 g/mol. The Kier molecular flexibility index (Phi) is 9.76. The molecule has 0 aliphatic carbocycles. The van der Waals surface area contributed by atoms with Gasteiger partial charge in [0.2, 0.25) is 0 Å². The van der Waals surface area contributed by atoms with Gasteiger partial charge in [-0.25, -0.2) is 0 Å². The lowest BCUT2D eigenvalue weighted by Crippen LogP contribution is -2.25. The van der Waals surface area contributed by atoms with Gasteiger partial charge in [0.25, 0.3) is 0 Å². The van der Waals surface area contributed by atoms with Crippen molar-refractivity contribution in [3.63, 3.8) is 0 Å². The van der Waals surface area contributed by atoms with E-state index in [1.54, 1.807) is 0 Å². The third-order valence-corrected chi connectivity index (χ3v) is 3.61. The van der Waals surface area contributed by atoms with Crippen LogP contribution in [0.5, 0.6) is 0 Å². The van der Waals surface area contributed by atoms with E-state index in [9.17, 15) is 0 Å². The Bertz CT molecular complexity index is 182. The number of hydrogen-bond acceptors (Lipinski definition) is 2. The van der Waals surface area contributed by atoms with E-state index in [1.807, 2.05) is 7.11 Å². The lowest BCUT2D eigenvalue weighted by molar-refractivity contribution is 0.155. The first-order chi connectivity index (χ1) is 8.42. The zero-order valence-corrected chi connectivity index (χ0v) is 13.6. The highest BCUT2D eigenvalue weighted by atomic mass is 16.5. The van der Waals surface area contributed by atoms with Gasteiger partial charge in [-0.2, -0.15) is 0 Å². The maximum absolute atomic E-state index is 5.25. The van der Waals surface area contributed by atoms with E-state index in [0.717, 1.165) is 12.5 Å². The zero-order valence-electron chi connectivity index (χ0n) is 13.6. The average molecular weight is 257 g/mol. The summed E-state index contributed by atoms with van der Waals surface area (Å²) in [5, 5.41) is 0. The van der Waals surface area contributed by atoms with Crippen molar-refractivity contribution in [2.45, 2.75) is 60.3 Å². The molecule has 0 aromatic heterocycles. The molecule has 0 fully saturated rings. The van der Waals surface area contributed by atoms with Crippen LogP contribution in [0.15, 0.2) is 0 Å². The molecule has 0 N–H and O–H groups in total. The molecule has 0 radical (unpaired) electrons. The minimum atomic E-state index is 0.438. The molecule has 0 rings (SSSR count). The molecule has 0 saturated carbocycles. The Morgan fingerprint density at radius 3 is 2.11 bits per heavy atom. The molecule has 0 heterocycles. The molecule has 2 nitrogen and oxygen atoms in total. The lowest BCUT2D eigenvalue weighted by atomic mass is 9.81. The third-order valence-electron chi connectivity index (χ3n) is 3.61. The van der Waals surface area contributed by atoms with Gasteiger partial charge in [-0.3, -0.25) is 0 Å². The molecule has 0 saturated heterocycles. The Labute approximate surface area is 115 Å². The molecule has 0 aromatic rings. The summed E-state index contributed by atoms with van der Waals surface area (Å²) in [7, 11) is 1.81. The van der Waals surface area contributed by atoms with Gasteiger partial charge in [0.05, 0.1) is 0 Å². The highest BCUT2D eigenvalue weighted by Gasteiger charge is 2.18. The Hall–Kier alpha value is -0.0800. The van der Waals surface area contributed by atoms with Crippen molar-refractivity contribution in [3.05, 3.63) is 0 Å². The van der Waals surface area contributed by atoms with E-state index >= 15 is 0 Å². The predicted molar refractivity (Wildman–Crippen MR) is 81.1 cm³/mol. The van der Waals surface area contributed by atoms with Gasteiger partial charge in [0.15, 0.2) is 0 Å². The van der Waals surface area contributed by atoms with Crippen LogP contribution in [0.1, 0.15) is 60.3 Å². The smallest absolute Gasteiger partial charge is 0.0464 e. The van der Waals surface area contributed by atoms with Gasteiger partial charge < -0.3 is 9.64 Å². The van der Waals surface area contributed by atoms with Crippen LogP contribution in [0.3, 0.4) is 0 Å². The number of rotatable bonds is 10. The molecule has 0 aliphatic heterocycles. The maximum Gasteiger partial charge on any atom is 0.0464 e. The summed E-state index contributed by atoms with van der Waals surface area (Å²) < 4.78 is 5.25. The molecule has 0 spiro atoms. The molecular weight excluding hydrogens is 222 g/mol. The quantitative estimate of drug-likeness (QED) is 0.581. The van der Waals surface area contributed by atoms with Gasteiger partial charge in [0.1, 0.15) is 0 Å². The lowest BCUT2D eigenvalue weighted by Gasteiger charge is -2.27. The van der Waals surface area contributed by atoms with Crippen LogP contribution in [0, 0.1) is 11.3 Å². The van der Waals surface area contributed by atoms with Crippen molar-refractivity contribution < 1.29 is 4.74 Å². The molecule has 110 valence electrons. The van der Waals surface area contributed by atoms with Crippen LogP contribution in [0.25, 0.3) is 0 Å². The molecule has 0 bridgehead atoms. The summed E-state index contributed by atoms with van der Waals surface area (Å²) in [6, 6.07) is 0. The topological polar surface area (TPSA) is 12.5 Å². The van der Waals surface area contributed by atoms with Crippen molar-refractivity contribution >= 4 is 0 Å². The molecule has 2 heteroatoms. The van der Waals surface area contributed by atoms with E-state index < -0.39 is 0 Å². The highest BCUT2D eigenvalue weighted by molar-refractivity contribution is 4.70. The normalized spacial score (nSPS) is 14.2. The molecule has 0 amide bonds. The molecule has 1 atom stereocenters. The SMILES string of the molecule is CCN(CC)CCC[C@H](CCOC)CC(C)(C)C. The highest BCUT2D eigenvalue weighted by Crippen LogP contribution is 2.29. The van der Waals surface area contributed by atoms with Crippen LogP contribution in [0.4, 0.5) is 0 Å². The van der Waals surface area contributed by atoms with E-state index in [-0.39, 0.29) is 0 Å². The van der Waals surface area contributed by atoms with Crippen LogP contribution in [-0.2, 0) is 4.74 Å². The average Bonchev–Trinajstić information content (AvgIpc) is 2.29. The molecule has 0 aliphatic rings. The fourth-order valence-electron chi connectivity index (χ4n) is 2.64. The van der Waals surface area contributed by atoms with Gasteiger partial charge >= 0.3 is 0 Å². The first-order valence-corrected chi connectivity index (χ1v) is 7.64. The standard InChI is InChI=1S/C16H35NO/c1-7-17(8-2)12-9-10-15(11-13-18-6)14-16(3,4)5/h15H,7-14H2,1-6H3/t15-/m1/s1. The fourth-order valence-corrected chi connectivity index (χ4v) is 2.64. The van der Waals surface area contributed by atoms with E-state index in [0.29, 0.717) is 5.41 Å². The Morgan fingerprint density at radius 1 is 1.06 bits per heavy atom. The largest absolute Gasteiger partial charge is 0.385 e. The van der Waals surface area contributed by atoms with Crippen molar-refractivity contribution in [2.75, 3.05) is 33.4 Å². The van der Waals surface area contributed by atoms with Gasteiger partial charge in [-0.1, -0.05) is 34.6 Å². The van der Waals surface area contributed by atoms with Gasteiger partial charge in [0, 0.05) is 13.7 Å². The summed E-state index contributed by atoms with van der Waals surface area (Å²) in [6.07, 6.45) is 5.20. The maximum atomic E-state index is 5.25. The first-order valence-electron chi connectivity index (χ1n) is 7.64. The zero-order chi connectivity index (χ0) is 14.0. The van der Waals surface area contributed by atoms with Crippen molar-refractivity contribution in [1.82, 2.24) is 4.90 Å². The van der Waals surface area contributed by atoms with Crippen molar-refractivity contribution in [3.8, 4) is 0 Å². The molecular formula is C16H35NO. The van der Waals surface area contributed by atoms with E-state index in [2.05, 4.69) is 39.5 Å². The summed E-state index contributed by atoms with van der Waals surface area (Å²) in [5.41, 5.74) is 0.438. The molecule has 0 aromatic carbocycles. The minimum Gasteiger partial charge on any atom is -0.385 e. The first kappa shape index (κ1) is 17.9. The van der Waals surface area contributed by atoms with E-state index in [1.165, 1.54) is 45.3 Å². The number of methoxy groups -OCH3 is 1. The summed E-state index contributed by atoms with van der Waals surface area (Å²) in [4.78, 5) is 2.52. The van der Waals surface area contributed by atoms with Gasteiger partial charge in [-0.05, 0) is 56.7 Å². The second-order valence-electron chi connectivity index (χ2n) is 6.58. The number of hydrogen-bond donors (Lipinski definition) is 0. The van der Waals surface area contributed by atoms with Crippen LogP contribution in [0.2, 0.25) is 0 Å². The van der Waals surface area contributed by atoms with Crippen LogP contribution < -0.4 is 0 Å². The van der Waals surface area contributed by atoms with Crippen molar-refractivity contribution in [2.24, 2.45) is 11.3 Å². The van der Waals surface area contributed by atoms with Crippen LogP contribution >= 0.6 is 0 Å². The third kappa shape index (κ3) is 9.90. The van der Waals surface area contributed by atoms with Gasteiger partial charge in [-0.15, -0.1) is 0 Å². The summed E-state index contributed by atoms with van der Waals surface area (Å²) in [6.45, 7) is 16.1. The summed E-state index contributed by atoms with van der Waals surface area (Å²) >= 11 is 0. The Morgan fingerprint density at radius 2 is 1.67 bits per heavy atom. The summed E-state index contributed by atoms with van der Waals surface area (Å²) in [5.74, 6) is 0.820. The predicted octanol–water partition coefficient (Wildman–Crippen LogP) is 4.20. The number of ether oxygens (including phenoxy) is 1. The second-order valence-corrected chi connectivity index (χ2v) is 6.58. The van der Waals surface area contributed by atoms with Crippen molar-refractivity contribution in [1.29, 1.82) is 0 Å². The number of nitrogens with zero attached hydrogens (tertiary/aromatic N) is 1. The fraction of sp³-hybridized carbons (Fsp3) is 1.00. The minimum absolute atomic E-state index is 0.438. The molecule has 0 unspecified atom stereocenters. The van der Waals surface area contributed by atoms with E-state index in [4.69, 9.17) is 4.74 Å². The Balaban J connectivity index is 3.99.